The van der Waals surface area contributed by atoms with Gasteiger partial charge in [0.2, 0.25) is 5.91 Å². The predicted octanol–water partition coefficient (Wildman–Crippen LogP) is 5.42. The molecule has 1 N–H and O–H groups in total. The first-order valence-electron chi connectivity index (χ1n) is 10.0. The predicted molar refractivity (Wildman–Crippen MR) is 122 cm³/mol. The zero-order valence-electron chi connectivity index (χ0n) is 17.7. The quantitative estimate of drug-likeness (QED) is 0.575. The van der Waals surface area contributed by atoms with Gasteiger partial charge in [0.1, 0.15) is 6.54 Å². The van der Waals surface area contributed by atoms with Crippen LogP contribution < -0.4 is 5.32 Å². The van der Waals surface area contributed by atoms with Gasteiger partial charge in [0, 0.05) is 28.3 Å². The number of hydrogen-bond acceptors (Lipinski definition) is 3. The van der Waals surface area contributed by atoms with Gasteiger partial charge in [-0.15, -0.1) is 0 Å². The monoisotopic (exact) mass is 423 g/mol. The van der Waals surface area contributed by atoms with Gasteiger partial charge in [0.05, 0.1) is 11.1 Å². The average molecular weight is 424 g/mol. The summed E-state index contributed by atoms with van der Waals surface area (Å²) in [6.45, 7) is 8.21. The molecule has 0 saturated heterocycles. The number of nitrogens with zero attached hydrogens (tertiary/aromatic N) is 2. The summed E-state index contributed by atoms with van der Waals surface area (Å²) in [5.74, 6) is -0.265. The average Bonchev–Trinajstić information content (AvgIpc) is 2.73. The second-order valence-electron chi connectivity index (χ2n) is 7.59. The fourth-order valence-corrected chi connectivity index (χ4v) is 3.43. The summed E-state index contributed by atoms with van der Waals surface area (Å²) in [5, 5.41) is 4.19. The molecule has 0 unspecified atom stereocenters. The largest absolute Gasteiger partial charge is 0.330 e. The van der Waals surface area contributed by atoms with E-state index in [9.17, 15) is 9.59 Å². The topological polar surface area (TPSA) is 62.3 Å². The van der Waals surface area contributed by atoms with Crippen LogP contribution in [0.3, 0.4) is 0 Å². The summed E-state index contributed by atoms with van der Waals surface area (Å²) in [6.07, 6.45) is 0. The summed E-state index contributed by atoms with van der Waals surface area (Å²) >= 11 is 6.04. The standard InChI is InChI=1S/C24H26ClN3O2/c1-5-28(14-23(29)27-22-12-17(25)11-10-16(22)4)24(30)19-13-21(15(2)3)26-20-9-7-6-8-18(19)20/h6-13,15H,5,14H2,1-4H3,(H,27,29). The van der Waals surface area contributed by atoms with Crippen LogP contribution in [0, 0.1) is 6.92 Å². The molecule has 0 fully saturated rings. The van der Waals surface area contributed by atoms with E-state index in [0.717, 1.165) is 22.2 Å². The van der Waals surface area contributed by atoms with Crippen LogP contribution in [0.5, 0.6) is 0 Å². The van der Waals surface area contributed by atoms with Crippen LogP contribution in [0.1, 0.15) is 48.3 Å². The molecule has 156 valence electrons. The number of fused-ring (bicyclic) bond motifs is 1. The molecule has 0 aliphatic carbocycles. The highest BCUT2D eigenvalue weighted by molar-refractivity contribution is 6.31. The molecule has 6 heteroatoms. The molecule has 0 aliphatic heterocycles. The minimum absolute atomic E-state index is 0.0467. The van der Waals surface area contributed by atoms with E-state index in [-0.39, 0.29) is 24.3 Å². The van der Waals surface area contributed by atoms with Crippen LogP contribution in [0.15, 0.2) is 48.5 Å². The molecule has 2 amide bonds. The third kappa shape index (κ3) is 4.79. The van der Waals surface area contributed by atoms with E-state index in [1.54, 1.807) is 17.0 Å². The second kappa shape index (κ2) is 9.26. The van der Waals surface area contributed by atoms with Crippen LogP contribution in [-0.2, 0) is 4.79 Å². The van der Waals surface area contributed by atoms with Gasteiger partial charge in [-0.3, -0.25) is 14.6 Å². The van der Waals surface area contributed by atoms with Crippen molar-refractivity contribution in [3.8, 4) is 0 Å². The number of aromatic nitrogens is 1. The Balaban J connectivity index is 1.87. The van der Waals surface area contributed by atoms with Crippen LogP contribution >= 0.6 is 11.6 Å². The minimum Gasteiger partial charge on any atom is -0.330 e. The van der Waals surface area contributed by atoms with Crippen molar-refractivity contribution >= 4 is 40.0 Å². The van der Waals surface area contributed by atoms with Crippen molar-refractivity contribution < 1.29 is 9.59 Å². The Morgan fingerprint density at radius 1 is 1.13 bits per heavy atom. The van der Waals surface area contributed by atoms with Crippen LogP contribution in [-0.4, -0.2) is 34.8 Å². The summed E-state index contributed by atoms with van der Waals surface area (Å²) in [7, 11) is 0. The van der Waals surface area contributed by atoms with Crippen molar-refractivity contribution in [2.24, 2.45) is 0 Å². The maximum Gasteiger partial charge on any atom is 0.255 e. The number of rotatable bonds is 6. The molecule has 30 heavy (non-hydrogen) atoms. The normalized spacial score (nSPS) is 11.0. The number of benzene rings is 2. The van der Waals surface area contributed by atoms with Crippen LogP contribution in [0.25, 0.3) is 10.9 Å². The number of likely N-dealkylation sites (N-methyl/N-ethyl adjacent to an activating group) is 1. The Labute approximate surface area is 182 Å². The first kappa shape index (κ1) is 21.8. The van der Waals surface area contributed by atoms with Crippen LogP contribution in [0.4, 0.5) is 5.69 Å². The number of nitrogens with one attached hydrogen (secondary N) is 1. The molecule has 0 radical (unpaired) electrons. The fraction of sp³-hybridized carbons (Fsp3) is 0.292. The Kier molecular flexibility index (Phi) is 6.73. The van der Waals surface area contributed by atoms with Crippen molar-refractivity contribution in [2.45, 2.75) is 33.6 Å². The number of pyridine rings is 1. The summed E-state index contributed by atoms with van der Waals surface area (Å²) in [4.78, 5) is 32.2. The summed E-state index contributed by atoms with van der Waals surface area (Å²) < 4.78 is 0. The molecular formula is C24H26ClN3O2. The molecule has 0 aliphatic rings. The van der Waals surface area contributed by atoms with Gasteiger partial charge in [0.15, 0.2) is 0 Å². The Bertz CT molecular complexity index is 1100. The number of carbonyl (C=O) groups is 2. The maximum absolute atomic E-state index is 13.4. The number of carbonyl (C=O) groups excluding carboxylic acids is 2. The fourth-order valence-electron chi connectivity index (χ4n) is 3.26. The lowest BCUT2D eigenvalue weighted by Crippen LogP contribution is -2.38. The SMILES string of the molecule is CCN(CC(=O)Nc1cc(Cl)ccc1C)C(=O)c1cc(C(C)C)nc2ccccc12. The Hall–Kier alpha value is -2.92. The molecule has 5 nitrogen and oxygen atoms in total. The third-order valence-corrected chi connectivity index (χ3v) is 5.27. The molecule has 2 aromatic carbocycles. The van der Waals surface area contributed by atoms with Gasteiger partial charge in [-0.2, -0.15) is 0 Å². The zero-order chi connectivity index (χ0) is 21.8. The Morgan fingerprint density at radius 2 is 1.87 bits per heavy atom. The number of amides is 2. The number of aryl methyl sites for hydroxylation is 1. The maximum atomic E-state index is 13.4. The number of para-hydroxylation sites is 1. The van der Waals surface area contributed by atoms with Gasteiger partial charge in [-0.05, 0) is 49.6 Å². The second-order valence-corrected chi connectivity index (χ2v) is 8.03. The molecule has 1 aromatic heterocycles. The highest BCUT2D eigenvalue weighted by Gasteiger charge is 2.21. The molecule has 3 rings (SSSR count). The zero-order valence-corrected chi connectivity index (χ0v) is 18.5. The van der Waals surface area contributed by atoms with Gasteiger partial charge < -0.3 is 10.2 Å². The Morgan fingerprint density at radius 3 is 2.57 bits per heavy atom. The van der Waals surface area contributed by atoms with Crippen molar-refractivity contribution in [3.63, 3.8) is 0 Å². The molecule has 0 saturated carbocycles. The lowest BCUT2D eigenvalue weighted by Gasteiger charge is -2.22. The van der Waals surface area contributed by atoms with Crippen molar-refractivity contribution in [1.82, 2.24) is 9.88 Å². The first-order chi connectivity index (χ1) is 14.3. The number of anilines is 1. The van der Waals surface area contributed by atoms with Crippen molar-refractivity contribution in [2.75, 3.05) is 18.4 Å². The lowest BCUT2D eigenvalue weighted by atomic mass is 10.0. The number of halogens is 1. The van der Waals surface area contributed by atoms with E-state index in [0.29, 0.717) is 22.8 Å². The van der Waals surface area contributed by atoms with E-state index in [4.69, 9.17) is 11.6 Å². The highest BCUT2D eigenvalue weighted by Crippen LogP contribution is 2.24. The van der Waals surface area contributed by atoms with E-state index in [2.05, 4.69) is 10.3 Å². The molecule has 0 bridgehead atoms. The highest BCUT2D eigenvalue weighted by atomic mass is 35.5. The lowest BCUT2D eigenvalue weighted by molar-refractivity contribution is -0.116. The van der Waals surface area contributed by atoms with E-state index in [1.807, 2.05) is 64.1 Å². The minimum atomic E-state index is -0.266. The van der Waals surface area contributed by atoms with Crippen LogP contribution in [0.2, 0.25) is 5.02 Å². The molecule has 0 spiro atoms. The van der Waals surface area contributed by atoms with Gasteiger partial charge in [-0.25, -0.2) is 0 Å². The molecule has 1 heterocycles. The van der Waals surface area contributed by atoms with E-state index >= 15 is 0 Å². The van der Waals surface area contributed by atoms with Gasteiger partial charge >= 0.3 is 0 Å². The smallest absolute Gasteiger partial charge is 0.255 e. The van der Waals surface area contributed by atoms with E-state index < -0.39 is 0 Å². The van der Waals surface area contributed by atoms with Crippen molar-refractivity contribution in [1.29, 1.82) is 0 Å². The number of hydrogen-bond donors (Lipinski definition) is 1. The van der Waals surface area contributed by atoms with Gasteiger partial charge in [-0.1, -0.05) is 49.7 Å². The molecule has 3 aromatic rings. The van der Waals surface area contributed by atoms with Gasteiger partial charge in [0.25, 0.3) is 5.91 Å². The molecular weight excluding hydrogens is 398 g/mol. The summed E-state index contributed by atoms with van der Waals surface area (Å²) in [5.41, 5.74) is 3.75. The molecule has 0 atom stereocenters. The first-order valence-corrected chi connectivity index (χ1v) is 10.4. The van der Waals surface area contributed by atoms with E-state index in [1.165, 1.54) is 0 Å². The third-order valence-electron chi connectivity index (χ3n) is 5.04. The summed E-state index contributed by atoms with van der Waals surface area (Å²) in [6, 6.07) is 14.8. The van der Waals surface area contributed by atoms with Crippen molar-refractivity contribution in [3.05, 3.63) is 70.4 Å².